The first-order valence-electron chi connectivity index (χ1n) is 7.74. The zero-order valence-corrected chi connectivity index (χ0v) is 12.6. The maximum Gasteiger partial charge on any atom is 0.133 e. The molecule has 1 aromatic heterocycles. The maximum absolute atomic E-state index is 5.27. The Morgan fingerprint density at radius 1 is 1.38 bits per heavy atom. The molecule has 1 aliphatic heterocycles. The van der Waals surface area contributed by atoms with Gasteiger partial charge in [-0.15, -0.1) is 0 Å². The van der Waals surface area contributed by atoms with Crippen molar-refractivity contribution in [1.82, 2.24) is 10.3 Å². The van der Waals surface area contributed by atoms with E-state index in [1.807, 2.05) is 24.4 Å². The van der Waals surface area contributed by atoms with Crippen LogP contribution in [0.15, 0.2) is 30.5 Å². The number of ether oxygens (including phenoxy) is 1. The summed E-state index contributed by atoms with van der Waals surface area (Å²) in [4.78, 5) is 4.48. The van der Waals surface area contributed by atoms with Gasteiger partial charge in [0.05, 0.1) is 7.11 Å². The molecule has 0 aliphatic carbocycles. The van der Waals surface area contributed by atoms with Crippen LogP contribution in [0, 0.1) is 5.92 Å². The van der Waals surface area contributed by atoms with Crippen molar-refractivity contribution in [3.63, 3.8) is 0 Å². The highest BCUT2D eigenvalue weighted by atomic mass is 16.5. The van der Waals surface area contributed by atoms with Gasteiger partial charge in [0.15, 0.2) is 0 Å². The van der Waals surface area contributed by atoms with Crippen LogP contribution in [0.1, 0.15) is 19.3 Å². The van der Waals surface area contributed by atoms with Crippen LogP contribution < -0.4 is 15.4 Å². The molecule has 0 amide bonds. The van der Waals surface area contributed by atoms with Crippen LogP contribution in [-0.2, 0) is 0 Å². The Morgan fingerprint density at radius 3 is 3.14 bits per heavy atom. The highest BCUT2D eigenvalue weighted by Crippen LogP contribution is 2.25. The van der Waals surface area contributed by atoms with E-state index in [9.17, 15) is 0 Å². The minimum Gasteiger partial charge on any atom is -0.497 e. The van der Waals surface area contributed by atoms with Gasteiger partial charge in [0.25, 0.3) is 0 Å². The van der Waals surface area contributed by atoms with E-state index in [1.165, 1.54) is 25.8 Å². The Balaban J connectivity index is 1.66. The van der Waals surface area contributed by atoms with Gasteiger partial charge in [-0.1, -0.05) is 0 Å². The molecule has 0 radical (unpaired) electrons. The van der Waals surface area contributed by atoms with E-state index < -0.39 is 0 Å². The zero-order valence-electron chi connectivity index (χ0n) is 12.6. The summed E-state index contributed by atoms with van der Waals surface area (Å²) < 4.78 is 5.27. The molecule has 3 rings (SSSR count). The smallest absolute Gasteiger partial charge is 0.133 e. The number of nitrogens with one attached hydrogen (secondary N) is 2. The number of hydrogen-bond donors (Lipinski definition) is 2. The van der Waals surface area contributed by atoms with E-state index in [1.54, 1.807) is 7.11 Å². The van der Waals surface area contributed by atoms with Crippen molar-refractivity contribution >= 4 is 16.6 Å². The van der Waals surface area contributed by atoms with Crippen LogP contribution in [-0.4, -0.2) is 31.7 Å². The minimum absolute atomic E-state index is 0.793. The van der Waals surface area contributed by atoms with Gasteiger partial charge in [-0.2, -0.15) is 0 Å². The van der Waals surface area contributed by atoms with Crippen molar-refractivity contribution in [3.8, 4) is 5.75 Å². The molecule has 2 heterocycles. The molecular weight excluding hydrogens is 262 g/mol. The summed E-state index contributed by atoms with van der Waals surface area (Å²) in [6, 6.07) is 8.13. The van der Waals surface area contributed by atoms with E-state index in [-0.39, 0.29) is 0 Å². The summed E-state index contributed by atoms with van der Waals surface area (Å²) in [6.45, 7) is 3.31. The van der Waals surface area contributed by atoms with E-state index in [2.05, 4.69) is 21.7 Å². The number of hydrogen-bond acceptors (Lipinski definition) is 4. The Hall–Kier alpha value is -1.81. The van der Waals surface area contributed by atoms with E-state index in [4.69, 9.17) is 4.74 Å². The number of rotatable bonds is 5. The number of benzene rings is 1. The van der Waals surface area contributed by atoms with Gasteiger partial charge in [0, 0.05) is 18.1 Å². The zero-order chi connectivity index (χ0) is 14.5. The van der Waals surface area contributed by atoms with Gasteiger partial charge in [0.1, 0.15) is 11.6 Å². The van der Waals surface area contributed by atoms with Crippen molar-refractivity contribution in [2.75, 3.05) is 32.1 Å². The molecule has 1 fully saturated rings. The van der Waals surface area contributed by atoms with Crippen LogP contribution in [0.4, 0.5) is 5.82 Å². The van der Waals surface area contributed by atoms with Gasteiger partial charge in [-0.05, 0) is 67.9 Å². The monoisotopic (exact) mass is 285 g/mol. The fourth-order valence-electron chi connectivity index (χ4n) is 2.99. The third-order valence-electron chi connectivity index (χ3n) is 4.22. The molecule has 1 aromatic carbocycles. The number of aromatic nitrogens is 1. The molecule has 1 saturated heterocycles. The maximum atomic E-state index is 5.27. The third-order valence-corrected chi connectivity index (χ3v) is 4.22. The first kappa shape index (κ1) is 14.1. The van der Waals surface area contributed by atoms with Crippen LogP contribution in [0.3, 0.4) is 0 Å². The van der Waals surface area contributed by atoms with Gasteiger partial charge in [0.2, 0.25) is 0 Å². The number of pyridine rings is 1. The standard InChI is InChI=1S/C17H23N3O/c1-21-15-4-5-16-14(11-15)7-10-20-17(16)19-9-6-13-3-2-8-18-12-13/h4-5,7,10-11,13,18H,2-3,6,8-9,12H2,1H3,(H,19,20). The second-order valence-corrected chi connectivity index (χ2v) is 5.67. The first-order valence-corrected chi connectivity index (χ1v) is 7.74. The van der Waals surface area contributed by atoms with Crippen molar-refractivity contribution in [2.45, 2.75) is 19.3 Å². The lowest BCUT2D eigenvalue weighted by molar-refractivity contribution is 0.364. The molecule has 112 valence electrons. The molecule has 4 heteroatoms. The Morgan fingerprint density at radius 2 is 2.33 bits per heavy atom. The molecule has 1 atom stereocenters. The third kappa shape index (κ3) is 3.45. The number of methoxy groups -OCH3 is 1. The van der Waals surface area contributed by atoms with Gasteiger partial charge >= 0.3 is 0 Å². The van der Waals surface area contributed by atoms with Gasteiger partial charge < -0.3 is 15.4 Å². The van der Waals surface area contributed by atoms with E-state index in [0.29, 0.717) is 0 Å². The molecule has 0 spiro atoms. The molecule has 1 aliphatic rings. The first-order chi connectivity index (χ1) is 10.4. The van der Waals surface area contributed by atoms with Crippen LogP contribution in [0.2, 0.25) is 0 Å². The number of fused-ring (bicyclic) bond motifs is 1. The van der Waals surface area contributed by atoms with Crippen molar-refractivity contribution in [2.24, 2.45) is 5.92 Å². The Bertz CT molecular complexity index is 594. The van der Waals surface area contributed by atoms with Crippen molar-refractivity contribution in [1.29, 1.82) is 0 Å². The fourth-order valence-corrected chi connectivity index (χ4v) is 2.99. The van der Waals surface area contributed by atoms with E-state index >= 15 is 0 Å². The van der Waals surface area contributed by atoms with Crippen molar-refractivity contribution in [3.05, 3.63) is 30.5 Å². The SMILES string of the molecule is COc1ccc2c(NCCC3CCCNC3)nccc2c1. The second-order valence-electron chi connectivity index (χ2n) is 5.67. The average molecular weight is 285 g/mol. The highest BCUT2D eigenvalue weighted by molar-refractivity contribution is 5.92. The Labute approximate surface area is 125 Å². The lowest BCUT2D eigenvalue weighted by Gasteiger charge is -2.22. The average Bonchev–Trinajstić information content (AvgIpc) is 2.55. The molecule has 2 aromatic rings. The number of piperidine rings is 1. The summed E-state index contributed by atoms with van der Waals surface area (Å²) >= 11 is 0. The summed E-state index contributed by atoms with van der Waals surface area (Å²) in [5.41, 5.74) is 0. The molecule has 1 unspecified atom stereocenters. The molecule has 21 heavy (non-hydrogen) atoms. The minimum atomic E-state index is 0.793. The van der Waals surface area contributed by atoms with Crippen molar-refractivity contribution < 1.29 is 4.74 Å². The van der Waals surface area contributed by atoms with Gasteiger partial charge in [-0.25, -0.2) is 4.98 Å². The van der Waals surface area contributed by atoms with E-state index in [0.717, 1.165) is 41.3 Å². The molecule has 4 nitrogen and oxygen atoms in total. The lowest BCUT2D eigenvalue weighted by atomic mass is 9.96. The fraction of sp³-hybridized carbons (Fsp3) is 0.471. The van der Waals surface area contributed by atoms with Crippen LogP contribution in [0.25, 0.3) is 10.8 Å². The highest BCUT2D eigenvalue weighted by Gasteiger charge is 2.12. The largest absolute Gasteiger partial charge is 0.497 e. The topological polar surface area (TPSA) is 46.2 Å². The molecule has 0 saturated carbocycles. The Kier molecular flexibility index (Phi) is 4.55. The summed E-state index contributed by atoms with van der Waals surface area (Å²) in [7, 11) is 1.69. The quantitative estimate of drug-likeness (QED) is 0.886. The summed E-state index contributed by atoms with van der Waals surface area (Å²) in [6.07, 6.45) is 5.69. The number of nitrogens with zero attached hydrogens (tertiary/aromatic N) is 1. The normalized spacial score (nSPS) is 18.6. The van der Waals surface area contributed by atoms with Crippen LogP contribution in [0.5, 0.6) is 5.75 Å². The predicted molar refractivity (Wildman–Crippen MR) is 87.0 cm³/mol. The summed E-state index contributed by atoms with van der Waals surface area (Å²) in [5.74, 6) is 2.65. The van der Waals surface area contributed by atoms with Gasteiger partial charge in [-0.3, -0.25) is 0 Å². The molecule has 0 bridgehead atoms. The second kappa shape index (κ2) is 6.76. The molecular formula is C17H23N3O. The lowest BCUT2D eigenvalue weighted by Crippen LogP contribution is -2.30. The van der Waals surface area contributed by atoms with Crippen LogP contribution >= 0.6 is 0 Å². The molecule has 2 N–H and O–H groups in total. The predicted octanol–water partition coefficient (Wildman–Crippen LogP) is 3.05. The summed E-state index contributed by atoms with van der Waals surface area (Å²) in [5, 5.41) is 9.27. The number of anilines is 1.